The lowest BCUT2D eigenvalue weighted by Gasteiger charge is -2.26. The lowest BCUT2D eigenvalue weighted by atomic mass is 10.1. The molecular formula is C23H26FN3O5S. The van der Waals surface area contributed by atoms with Crippen LogP contribution in [0.4, 0.5) is 15.8 Å². The van der Waals surface area contributed by atoms with Gasteiger partial charge in [-0.15, -0.1) is 0 Å². The fourth-order valence-corrected chi connectivity index (χ4v) is 5.59. The van der Waals surface area contributed by atoms with E-state index in [9.17, 15) is 22.4 Å². The van der Waals surface area contributed by atoms with Crippen molar-refractivity contribution >= 4 is 33.2 Å². The number of carbonyl (C=O) groups is 2. The third kappa shape index (κ3) is 4.64. The first kappa shape index (κ1) is 23.3. The van der Waals surface area contributed by atoms with Crippen molar-refractivity contribution in [3.05, 3.63) is 53.3 Å². The van der Waals surface area contributed by atoms with Crippen molar-refractivity contribution in [2.24, 2.45) is 5.92 Å². The maximum atomic E-state index is 14.4. The molecule has 1 atom stereocenters. The van der Waals surface area contributed by atoms with Gasteiger partial charge in [-0.05, 0) is 49.2 Å². The van der Waals surface area contributed by atoms with Gasteiger partial charge in [0.25, 0.3) is 0 Å². The minimum atomic E-state index is -4.07. The SMILES string of the molecule is Cc1cccc(N2CC(C(=O)Nc3ccc(F)c(S(=O)(=O)N4CCOCC4)c3)CC2=O)c1C. The first-order chi connectivity index (χ1) is 15.7. The summed E-state index contributed by atoms with van der Waals surface area (Å²) in [5.41, 5.74) is 2.96. The number of carbonyl (C=O) groups excluding carboxylic acids is 2. The van der Waals surface area contributed by atoms with Crippen molar-refractivity contribution in [2.45, 2.75) is 25.2 Å². The van der Waals surface area contributed by atoms with Gasteiger partial charge in [-0.1, -0.05) is 12.1 Å². The topological polar surface area (TPSA) is 96.0 Å². The normalized spacial score (nSPS) is 19.7. The number of nitrogens with zero attached hydrogens (tertiary/aromatic N) is 2. The quantitative estimate of drug-likeness (QED) is 0.717. The molecule has 4 rings (SSSR count). The van der Waals surface area contributed by atoms with Gasteiger partial charge in [0.2, 0.25) is 21.8 Å². The van der Waals surface area contributed by atoms with E-state index in [1.165, 1.54) is 6.07 Å². The van der Waals surface area contributed by atoms with Crippen LogP contribution in [-0.4, -0.2) is 57.4 Å². The molecule has 2 heterocycles. The molecule has 0 saturated carbocycles. The first-order valence-corrected chi connectivity index (χ1v) is 12.2. The molecule has 1 N–H and O–H groups in total. The Bertz CT molecular complexity index is 1190. The lowest BCUT2D eigenvalue weighted by Crippen LogP contribution is -2.41. The highest BCUT2D eigenvalue weighted by molar-refractivity contribution is 7.89. The van der Waals surface area contributed by atoms with Gasteiger partial charge in [0.05, 0.1) is 19.1 Å². The van der Waals surface area contributed by atoms with Gasteiger partial charge in [-0.2, -0.15) is 4.31 Å². The predicted molar refractivity (Wildman–Crippen MR) is 121 cm³/mol. The van der Waals surface area contributed by atoms with Crippen LogP contribution in [0, 0.1) is 25.6 Å². The summed E-state index contributed by atoms with van der Waals surface area (Å²) >= 11 is 0. The zero-order valence-corrected chi connectivity index (χ0v) is 19.3. The van der Waals surface area contributed by atoms with Gasteiger partial charge in [0, 0.05) is 37.4 Å². The fourth-order valence-electron chi connectivity index (χ4n) is 4.09. The molecule has 0 spiro atoms. The number of ether oxygens (including phenoxy) is 1. The van der Waals surface area contributed by atoms with Crippen LogP contribution in [0.1, 0.15) is 17.5 Å². The number of anilines is 2. The summed E-state index contributed by atoms with van der Waals surface area (Å²) in [5.74, 6) is -2.07. The van der Waals surface area contributed by atoms with E-state index in [0.717, 1.165) is 33.3 Å². The molecule has 0 bridgehead atoms. The van der Waals surface area contributed by atoms with Crippen LogP contribution in [0.15, 0.2) is 41.3 Å². The summed E-state index contributed by atoms with van der Waals surface area (Å²) in [4.78, 5) is 26.6. The number of halogens is 1. The second-order valence-corrected chi connectivity index (χ2v) is 10.2. The monoisotopic (exact) mass is 475 g/mol. The van der Waals surface area contributed by atoms with Crippen LogP contribution in [0.3, 0.4) is 0 Å². The summed E-state index contributed by atoms with van der Waals surface area (Å²) in [6.07, 6.45) is 0.0410. The largest absolute Gasteiger partial charge is 0.379 e. The molecular weight excluding hydrogens is 449 g/mol. The number of nitrogens with one attached hydrogen (secondary N) is 1. The van der Waals surface area contributed by atoms with E-state index >= 15 is 0 Å². The van der Waals surface area contributed by atoms with Crippen LogP contribution in [0.5, 0.6) is 0 Å². The Morgan fingerprint density at radius 1 is 1.15 bits per heavy atom. The average Bonchev–Trinajstić information content (AvgIpc) is 3.19. The van der Waals surface area contributed by atoms with Crippen molar-refractivity contribution < 1.29 is 27.1 Å². The molecule has 10 heteroatoms. The smallest absolute Gasteiger partial charge is 0.246 e. The molecule has 176 valence electrons. The molecule has 2 aliphatic heterocycles. The van der Waals surface area contributed by atoms with Gasteiger partial charge in [0.1, 0.15) is 10.7 Å². The molecule has 2 amide bonds. The highest BCUT2D eigenvalue weighted by atomic mass is 32.2. The number of hydrogen-bond acceptors (Lipinski definition) is 5. The van der Waals surface area contributed by atoms with E-state index in [1.807, 2.05) is 32.0 Å². The highest BCUT2D eigenvalue weighted by Crippen LogP contribution is 2.30. The number of rotatable bonds is 5. The molecule has 2 aliphatic rings. The van der Waals surface area contributed by atoms with E-state index in [2.05, 4.69) is 5.32 Å². The number of benzene rings is 2. The zero-order valence-electron chi connectivity index (χ0n) is 18.5. The molecule has 0 radical (unpaired) electrons. The molecule has 0 aromatic heterocycles. The number of aryl methyl sites for hydroxylation is 1. The number of amides is 2. The molecule has 33 heavy (non-hydrogen) atoms. The van der Waals surface area contributed by atoms with Gasteiger partial charge in [-0.25, -0.2) is 12.8 Å². The number of morpholine rings is 1. The maximum Gasteiger partial charge on any atom is 0.246 e. The van der Waals surface area contributed by atoms with Gasteiger partial charge >= 0.3 is 0 Å². The van der Waals surface area contributed by atoms with E-state index < -0.39 is 32.6 Å². The standard InChI is InChI=1S/C23H26FN3O5S/c1-15-4-3-5-20(16(15)2)27-14-17(12-22(27)28)23(29)25-18-6-7-19(24)21(13-18)33(30,31)26-8-10-32-11-9-26/h3-7,13,17H,8-12,14H2,1-2H3,(H,25,29). The van der Waals surface area contributed by atoms with Crippen LogP contribution in [0.2, 0.25) is 0 Å². The van der Waals surface area contributed by atoms with E-state index in [1.54, 1.807) is 4.90 Å². The number of hydrogen-bond donors (Lipinski definition) is 1. The first-order valence-electron chi connectivity index (χ1n) is 10.7. The minimum absolute atomic E-state index is 0.0410. The van der Waals surface area contributed by atoms with Crippen molar-refractivity contribution in [3.63, 3.8) is 0 Å². The van der Waals surface area contributed by atoms with Gasteiger partial charge < -0.3 is 15.0 Å². The fraction of sp³-hybridized carbons (Fsp3) is 0.391. The average molecular weight is 476 g/mol. The Morgan fingerprint density at radius 2 is 1.88 bits per heavy atom. The van der Waals surface area contributed by atoms with E-state index in [-0.39, 0.29) is 50.9 Å². The Morgan fingerprint density at radius 3 is 2.61 bits per heavy atom. The summed E-state index contributed by atoms with van der Waals surface area (Å²) < 4.78 is 46.5. The molecule has 8 nitrogen and oxygen atoms in total. The lowest BCUT2D eigenvalue weighted by molar-refractivity contribution is -0.122. The van der Waals surface area contributed by atoms with Crippen molar-refractivity contribution in [3.8, 4) is 0 Å². The van der Waals surface area contributed by atoms with Crippen LogP contribution < -0.4 is 10.2 Å². The maximum absolute atomic E-state index is 14.4. The molecule has 1 unspecified atom stereocenters. The summed E-state index contributed by atoms with van der Waals surface area (Å²) in [7, 11) is -4.07. The number of sulfonamides is 1. The van der Waals surface area contributed by atoms with Crippen LogP contribution in [-0.2, 0) is 24.3 Å². The van der Waals surface area contributed by atoms with Crippen molar-refractivity contribution in [2.75, 3.05) is 43.1 Å². The van der Waals surface area contributed by atoms with E-state index in [4.69, 9.17) is 4.74 Å². The Kier molecular flexibility index (Phi) is 6.51. The second kappa shape index (κ2) is 9.20. The molecule has 2 aromatic rings. The zero-order chi connectivity index (χ0) is 23.8. The predicted octanol–water partition coefficient (Wildman–Crippen LogP) is 2.46. The molecule has 2 fully saturated rings. The third-order valence-corrected chi connectivity index (χ3v) is 8.06. The van der Waals surface area contributed by atoms with Crippen molar-refractivity contribution in [1.82, 2.24) is 4.31 Å². The van der Waals surface area contributed by atoms with Crippen LogP contribution in [0.25, 0.3) is 0 Å². The van der Waals surface area contributed by atoms with Crippen LogP contribution >= 0.6 is 0 Å². The third-order valence-electron chi connectivity index (χ3n) is 6.15. The minimum Gasteiger partial charge on any atom is -0.379 e. The Hall–Kier alpha value is -2.82. The molecule has 2 saturated heterocycles. The van der Waals surface area contributed by atoms with Gasteiger partial charge in [-0.3, -0.25) is 9.59 Å². The Balaban J connectivity index is 1.51. The summed E-state index contributed by atoms with van der Waals surface area (Å²) in [6.45, 7) is 4.86. The Labute approximate surface area is 192 Å². The van der Waals surface area contributed by atoms with Crippen molar-refractivity contribution in [1.29, 1.82) is 0 Å². The highest BCUT2D eigenvalue weighted by Gasteiger charge is 2.36. The molecule has 0 aliphatic carbocycles. The van der Waals surface area contributed by atoms with E-state index in [0.29, 0.717) is 0 Å². The summed E-state index contributed by atoms with van der Waals surface area (Å²) in [5, 5.41) is 2.65. The summed E-state index contributed by atoms with van der Waals surface area (Å²) in [6, 6.07) is 9.13. The molecule has 2 aromatic carbocycles. The van der Waals surface area contributed by atoms with Gasteiger partial charge in [0.15, 0.2) is 0 Å². The second-order valence-electron chi connectivity index (χ2n) is 8.28.